The maximum absolute atomic E-state index is 10.6. The van der Waals surface area contributed by atoms with E-state index < -0.39 is 0 Å². The van der Waals surface area contributed by atoms with Gasteiger partial charge in [-0.1, -0.05) is 51.1 Å². The summed E-state index contributed by atoms with van der Waals surface area (Å²) in [7, 11) is 0. The van der Waals surface area contributed by atoms with Gasteiger partial charge in [-0.3, -0.25) is 9.80 Å². The molecule has 0 spiro atoms. The van der Waals surface area contributed by atoms with E-state index in [2.05, 4.69) is 60.9 Å². The molecule has 4 heteroatoms. The molecule has 4 rings (SSSR count). The second-order valence-electron chi connectivity index (χ2n) is 10.3. The summed E-state index contributed by atoms with van der Waals surface area (Å²) >= 11 is 0. The highest BCUT2D eigenvalue weighted by molar-refractivity contribution is 5.14. The van der Waals surface area contributed by atoms with Crippen LogP contribution in [-0.4, -0.2) is 66.4 Å². The predicted octanol–water partition coefficient (Wildman–Crippen LogP) is 3.40. The Balaban J connectivity index is 1.20. The first-order chi connectivity index (χ1) is 13.4. The fourth-order valence-electron chi connectivity index (χ4n) is 6.20. The third kappa shape index (κ3) is 4.16. The Labute approximate surface area is 170 Å². The molecule has 1 N–H and O–H groups in total. The summed E-state index contributed by atoms with van der Waals surface area (Å²) in [5.41, 5.74) is 1.94. The lowest BCUT2D eigenvalue weighted by Gasteiger charge is -2.43. The number of hydrogen-bond donors (Lipinski definition) is 1. The zero-order valence-electron chi connectivity index (χ0n) is 17.9. The number of hydrogen-bond acceptors (Lipinski definition) is 4. The second-order valence-corrected chi connectivity index (χ2v) is 10.3. The third-order valence-electron chi connectivity index (χ3n) is 7.78. The molecular formula is C24H38N2O2. The van der Waals surface area contributed by atoms with Crippen molar-refractivity contribution in [3.8, 4) is 0 Å². The minimum atomic E-state index is -0.390. The van der Waals surface area contributed by atoms with Crippen LogP contribution in [0.25, 0.3) is 0 Å². The predicted molar refractivity (Wildman–Crippen MR) is 113 cm³/mol. The normalized spacial score (nSPS) is 34.0. The molecule has 28 heavy (non-hydrogen) atoms. The number of benzene rings is 1. The lowest BCUT2D eigenvalue weighted by Crippen LogP contribution is -2.49. The summed E-state index contributed by atoms with van der Waals surface area (Å²) in [5, 5.41) is 10.6. The summed E-state index contributed by atoms with van der Waals surface area (Å²) in [6.45, 7) is 13.5. The average molecular weight is 387 g/mol. The molecule has 2 saturated carbocycles. The highest BCUT2D eigenvalue weighted by Crippen LogP contribution is 2.63. The first-order valence-electron chi connectivity index (χ1n) is 11.2. The number of nitrogens with zero attached hydrogens (tertiary/aromatic N) is 2. The Morgan fingerprint density at radius 1 is 1.07 bits per heavy atom. The smallest absolute Gasteiger partial charge is 0.0900 e. The Kier molecular flexibility index (Phi) is 5.85. The van der Waals surface area contributed by atoms with E-state index in [-0.39, 0.29) is 17.6 Å². The molecular weight excluding hydrogens is 348 g/mol. The summed E-state index contributed by atoms with van der Waals surface area (Å²) < 4.78 is 6.37. The number of ether oxygens (including phenoxy) is 1. The first-order valence-corrected chi connectivity index (χ1v) is 11.2. The largest absolute Gasteiger partial charge is 0.389 e. The van der Waals surface area contributed by atoms with E-state index in [1.807, 2.05) is 0 Å². The van der Waals surface area contributed by atoms with Gasteiger partial charge < -0.3 is 9.84 Å². The highest BCUT2D eigenvalue weighted by atomic mass is 16.5. The summed E-state index contributed by atoms with van der Waals surface area (Å²) in [5.74, 6) is 0.789. The van der Waals surface area contributed by atoms with Crippen LogP contribution in [0.1, 0.15) is 45.6 Å². The van der Waals surface area contributed by atoms with E-state index in [4.69, 9.17) is 4.74 Å². The lowest BCUT2D eigenvalue weighted by molar-refractivity contribution is -0.114. The minimum absolute atomic E-state index is 0.246. The monoisotopic (exact) mass is 386 g/mol. The first kappa shape index (κ1) is 20.3. The van der Waals surface area contributed by atoms with Crippen molar-refractivity contribution < 1.29 is 9.84 Å². The Morgan fingerprint density at radius 2 is 1.75 bits per heavy atom. The van der Waals surface area contributed by atoms with Gasteiger partial charge in [0.2, 0.25) is 0 Å². The van der Waals surface area contributed by atoms with Crippen LogP contribution in [0.3, 0.4) is 0 Å². The van der Waals surface area contributed by atoms with Gasteiger partial charge in [0.25, 0.3) is 0 Å². The van der Waals surface area contributed by atoms with Crippen LogP contribution in [0.2, 0.25) is 0 Å². The quantitative estimate of drug-likeness (QED) is 0.779. The molecule has 1 aliphatic heterocycles. The van der Waals surface area contributed by atoms with E-state index in [1.54, 1.807) is 0 Å². The van der Waals surface area contributed by atoms with Crippen molar-refractivity contribution in [2.24, 2.45) is 16.7 Å². The summed E-state index contributed by atoms with van der Waals surface area (Å²) in [6.07, 6.45) is 3.82. The van der Waals surface area contributed by atoms with Gasteiger partial charge >= 0.3 is 0 Å². The van der Waals surface area contributed by atoms with Crippen LogP contribution >= 0.6 is 0 Å². The molecule has 2 aliphatic carbocycles. The molecule has 0 radical (unpaired) electrons. The van der Waals surface area contributed by atoms with Crippen molar-refractivity contribution in [1.82, 2.24) is 9.80 Å². The fraction of sp³-hybridized carbons (Fsp3) is 0.750. The van der Waals surface area contributed by atoms with Gasteiger partial charge in [-0.25, -0.2) is 0 Å². The molecule has 0 unspecified atom stereocenters. The molecule has 1 saturated heterocycles. The molecule has 1 aromatic rings. The van der Waals surface area contributed by atoms with Gasteiger partial charge in [-0.05, 0) is 41.6 Å². The molecule has 156 valence electrons. The molecule has 0 amide bonds. The van der Waals surface area contributed by atoms with E-state index in [9.17, 15) is 5.11 Å². The highest BCUT2D eigenvalue weighted by Gasteiger charge is 2.60. The van der Waals surface area contributed by atoms with E-state index in [0.717, 1.165) is 45.2 Å². The lowest BCUT2D eigenvalue weighted by atomic mass is 9.70. The van der Waals surface area contributed by atoms with Crippen molar-refractivity contribution in [3.63, 3.8) is 0 Å². The van der Waals surface area contributed by atoms with Crippen LogP contribution < -0.4 is 0 Å². The molecule has 0 aromatic heterocycles. The Hall–Kier alpha value is -0.940. The van der Waals surface area contributed by atoms with Gasteiger partial charge in [-0.15, -0.1) is 0 Å². The van der Waals surface area contributed by atoms with E-state index in [0.29, 0.717) is 12.0 Å². The Bertz CT molecular complexity index is 637. The van der Waals surface area contributed by atoms with E-state index in [1.165, 1.54) is 24.8 Å². The zero-order valence-corrected chi connectivity index (χ0v) is 17.9. The van der Waals surface area contributed by atoms with Crippen LogP contribution in [0.4, 0.5) is 0 Å². The van der Waals surface area contributed by atoms with Crippen molar-refractivity contribution in [1.29, 1.82) is 0 Å². The molecule has 3 fully saturated rings. The van der Waals surface area contributed by atoms with Gasteiger partial charge in [0, 0.05) is 39.3 Å². The SMILES string of the molecule is CC1(C)[C@H]2CC[C@](C)(C2)[C@@H]1OC[C@@H](O)CN1CCN(Cc2ccccc2)CC1. The minimum Gasteiger partial charge on any atom is -0.389 e. The van der Waals surface area contributed by atoms with Crippen LogP contribution in [0.15, 0.2) is 30.3 Å². The second kappa shape index (κ2) is 8.06. The molecule has 4 nitrogen and oxygen atoms in total. The number of aliphatic hydroxyl groups is 1. The van der Waals surface area contributed by atoms with Crippen molar-refractivity contribution in [2.45, 2.75) is 58.8 Å². The number of piperazine rings is 1. The summed E-state index contributed by atoms with van der Waals surface area (Å²) in [4.78, 5) is 4.90. The molecule has 4 atom stereocenters. The van der Waals surface area contributed by atoms with Crippen LogP contribution in [0, 0.1) is 16.7 Å². The number of β-amino-alcohol motifs (C(OH)–C–C–N with tert-alkyl or cyclic N) is 1. The number of fused-ring (bicyclic) bond motifs is 2. The van der Waals surface area contributed by atoms with E-state index >= 15 is 0 Å². The zero-order chi connectivity index (χ0) is 19.8. The van der Waals surface area contributed by atoms with Gasteiger partial charge in [0.15, 0.2) is 0 Å². The Morgan fingerprint density at radius 3 is 2.39 bits per heavy atom. The van der Waals surface area contributed by atoms with Crippen molar-refractivity contribution in [2.75, 3.05) is 39.3 Å². The molecule has 1 heterocycles. The number of rotatable bonds is 7. The fourth-order valence-corrected chi connectivity index (χ4v) is 6.20. The van der Waals surface area contributed by atoms with Crippen molar-refractivity contribution >= 4 is 0 Å². The van der Waals surface area contributed by atoms with Gasteiger partial charge in [-0.2, -0.15) is 0 Å². The third-order valence-corrected chi connectivity index (χ3v) is 7.78. The molecule has 1 aromatic carbocycles. The average Bonchev–Trinajstić information content (AvgIpc) is 3.15. The van der Waals surface area contributed by atoms with Crippen LogP contribution in [0.5, 0.6) is 0 Å². The van der Waals surface area contributed by atoms with Gasteiger partial charge in [0.1, 0.15) is 0 Å². The summed E-state index contributed by atoms with van der Waals surface area (Å²) in [6, 6.07) is 10.7. The maximum Gasteiger partial charge on any atom is 0.0900 e. The standard InChI is InChI=1S/C24H38N2O2/c1-23(2)20-9-10-24(3,15-20)22(23)28-18-21(27)17-26-13-11-25(12-14-26)16-19-7-5-4-6-8-19/h4-8,20-22,27H,9-18H2,1-3H3/t20-,21-,22+,24+/m0/s1. The topological polar surface area (TPSA) is 35.9 Å². The van der Waals surface area contributed by atoms with Crippen molar-refractivity contribution in [3.05, 3.63) is 35.9 Å². The maximum atomic E-state index is 10.6. The van der Waals surface area contributed by atoms with Crippen LogP contribution in [-0.2, 0) is 11.3 Å². The molecule has 3 aliphatic rings. The molecule has 2 bridgehead atoms. The number of aliphatic hydroxyl groups excluding tert-OH is 1. The van der Waals surface area contributed by atoms with Gasteiger partial charge in [0.05, 0.1) is 18.8 Å².